The molecule has 0 aliphatic carbocycles. The van der Waals surface area contributed by atoms with Crippen LogP contribution in [0.2, 0.25) is 0 Å². The van der Waals surface area contributed by atoms with Gasteiger partial charge in [0.25, 0.3) is 5.91 Å². The average Bonchev–Trinajstić information content (AvgIpc) is 3.14. The summed E-state index contributed by atoms with van der Waals surface area (Å²) in [6, 6.07) is 15.6. The van der Waals surface area contributed by atoms with E-state index < -0.39 is 10.0 Å². The SMILES string of the molecule is CC1CN(S(=O)(=O)c2cccc(C(=O)NCc3cc4ccccc4o3)c2)CC(C)O1. The van der Waals surface area contributed by atoms with Gasteiger partial charge in [-0.3, -0.25) is 4.79 Å². The highest BCUT2D eigenvalue weighted by atomic mass is 32.2. The monoisotopic (exact) mass is 428 g/mol. The fraction of sp³-hybridized carbons (Fsp3) is 0.318. The van der Waals surface area contributed by atoms with Crippen molar-refractivity contribution in [3.8, 4) is 0 Å². The molecule has 0 radical (unpaired) electrons. The molecule has 0 spiro atoms. The molecule has 30 heavy (non-hydrogen) atoms. The lowest BCUT2D eigenvalue weighted by atomic mass is 10.2. The van der Waals surface area contributed by atoms with Crippen molar-refractivity contribution in [3.05, 3.63) is 65.9 Å². The largest absolute Gasteiger partial charge is 0.459 e. The number of amides is 1. The highest BCUT2D eigenvalue weighted by Crippen LogP contribution is 2.22. The minimum absolute atomic E-state index is 0.0974. The van der Waals surface area contributed by atoms with Gasteiger partial charge in [-0.05, 0) is 44.2 Å². The summed E-state index contributed by atoms with van der Waals surface area (Å²) in [7, 11) is -3.71. The number of benzene rings is 2. The zero-order valence-electron chi connectivity index (χ0n) is 16.9. The first-order valence-corrected chi connectivity index (χ1v) is 11.3. The van der Waals surface area contributed by atoms with Gasteiger partial charge in [0.05, 0.1) is 23.6 Å². The van der Waals surface area contributed by atoms with E-state index >= 15 is 0 Å². The molecule has 2 unspecified atom stereocenters. The molecule has 1 aliphatic heterocycles. The van der Waals surface area contributed by atoms with Crippen LogP contribution in [0, 0.1) is 0 Å². The standard InChI is InChI=1S/C22H24N2O5S/c1-15-13-24(14-16(2)28-15)30(26,27)20-8-5-7-18(11-20)22(25)23-12-19-10-17-6-3-4-9-21(17)29-19/h3-11,15-16H,12-14H2,1-2H3,(H,23,25). The molecular formula is C22H24N2O5S. The molecule has 1 aromatic heterocycles. The van der Waals surface area contributed by atoms with Crippen LogP contribution < -0.4 is 5.32 Å². The van der Waals surface area contributed by atoms with Crippen LogP contribution in [0.3, 0.4) is 0 Å². The number of carbonyl (C=O) groups is 1. The molecule has 1 amide bonds. The number of para-hydroxylation sites is 1. The van der Waals surface area contributed by atoms with Gasteiger partial charge >= 0.3 is 0 Å². The van der Waals surface area contributed by atoms with E-state index in [2.05, 4.69) is 5.32 Å². The molecule has 1 fully saturated rings. The average molecular weight is 429 g/mol. The molecule has 1 N–H and O–H groups in total. The number of carbonyl (C=O) groups excluding carboxylic acids is 1. The van der Waals surface area contributed by atoms with Crippen LogP contribution in [0.5, 0.6) is 0 Å². The molecule has 3 aromatic rings. The van der Waals surface area contributed by atoms with Gasteiger partial charge in [-0.2, -0.15) is 4.31 Å². The number of hydrogen-bond acceptors (Lipinski definition) is 5. The highest BCUT2D eigenvalue weighted by molar-refractivity contribution is 7.89. The molecule has 2 aromatic carbocycles. The predicted octanol–water partition coefficient (Wildman–Crippen LogP) is 3.16. The first-order chi connectivity index (χ1) is 14.3. The molecule has 8 heteroatoms. The summed E-state index contributed by atoms with van der Waals surface area (Å²) in [6.07, 6.45) is -0.363. The smallest absolute Gasteiger partial charge is 0.251 e. The maximum absolute atomic E-state index is 13.1. The summed E-state index contributed by atoms with van der Waals surface area (Å²) < 4.78 is 38.9. The van der Waals surface area contributed by atoms with Crippen molar-refractivity contribution in [1.82, 2.24) is 9.62 Å². The number of nitrogens with zero attached hydrogens (tertiary/aromatic N) is 1. The van der Waals surface area contributed by atoms with E-state index in [0.717, 1.165) is 11.0 Å². The number of fused-ring (bicyclic) bond motifs is 1. The quantitative estimate of drug-likeness (QED) is 0.674. The van der Waals surface area contributed by atoms with E-state index in [0.29, 0.717) is 5.76 Å². The summed E-state index contributed by atoms with van der Waals surface area (Å²) in [5.41, 5.74) is 1.03. The molecule has 1 aliphatic rings. The number of sulfonamides is 1. The van der Waals surface area contributed by atoms with Gasteiger partial charge in [-0.25, -0.2) is 8.42 Å². The molecule has 7 nitrogen and oxygen atoms in total. The van der Waals surface area contributed by atoms with Gasteiger partial charge < -0.3 is 14.5 Å². The fourth-order valence-electron chi connectivity index (χ4n) is 3.67. The maximum Gasteiger partial charge on any atom is 0.251 e. The molecular weight excluding hydrogens is 404 g/mol. The van der Waals surface area contributed by atoms with Crippen LogP contribution in [0.15, 0.2) is 63.9 Å². The molecule has 0 saturated carbocycles. The lowest BCUT2D eigenvalue weighted by Crippen LogP contribution is -2.48. The first-order valence-electron chi connectivity index (χ1n) is 9.84. The van der Waals surface area contributed by atoms with Crippen LogP contribution in [-0.2, 0) is 21.3 Å². The Bertz CT molecular complexity index is 1130. The van der Waals surface area contributed by atoms with Gasteiger partial charge in [0, 0.05) is 24.0 Å². The fourth-order valence-corrected chi connectivity index (χ4v) is 5.30. The van der Waals surface area contributed by atoms with Crippen molar-refractivity contribution in [3.63, 3.8) is 0 Å². The highest BCUT2D eigenvalue weighted by Gasteiger charge is 2.32. The van der Waals surface area contributed by atoms with Crippen molar-refractivity contribution < 1.29 is 22.4 Å². The Labute approximate surface area is 175 Å². The Morgan fingerprint density at radius 1 is 1.07 bits per heavy atom. The normalized spacial score (nSPS) is 20.3. The summed E-state index contributed by atoms with van der Waals surface area (Å²) in [5, 5.41) is 3.75. The Morgan fingerprint density at radius 3 is 2.53 bits per heavy atom. The molecule has 2 atom stereocenters. The number of ether oxygens (including phenoxy) is 1. The molecule has 2 heterocycles. The van der Waals surface area contributed by atoms with Gasteiger partial charge in [0.15, 0.2) is 0 Å². The van der Waals surface area contributed by atoms with Crippen LogP contribution >= 0.6 is 0 Å². The van der Waals surface area contributed by atoms with Crippen LogP contribution in [0.25, 0.3) is 11.0 Å². The minimum Gasteiger partial charge on any atom is -0.459 e. The molecule has 0 bridgehead atoms. The van der Waals surface area contributed by atoms with Gasteiger partial charge in [-0.15, -0.1) is 0 Å². The Balaban J connectivity index is 1.48. The van der Waals surface area contributed by atoms with E-state index in [4.69, 9.17) is 9.15 Å². The van der Waals surface area contributed by atoms with Crippen molar-refractivity contribution in [2.75, 3.05) is 13.1 Å². The van der Waals surface area contributed by atoms with Crippen molar-refractivity contribution in [2.24, 2.45) is 0 Å². The number of furan rings is 1. The van der Waals surface area contributed by atoms with Crippen LogP contribution in [0.1, 0.15) is 30.0 Å². The second kappa shape index (κ2) is 8.22. The second-order valence-corrected chi connectivity index (χ2v) is 9.48. The van der Waals surface area contributed by atoms with Crippen molar-refractivity contribution >= 4 is 26.9 Å². The van der Waals surface area contributed by atoms with E-state index in [1.165, 1.54) is 16.4 Å². The first kappa shape index (κ1) is 20.6. The maximum atomic E-state index is 13.1. The van der Waals surface area contributed by atoms with Gasteiger partial charge in [-0.1, -0.05) is 24.3 Å². The zero-order chi connectivity index (χ0) is 21.3. The minimum atomic E-state index is -3.71. The van der Waals surface area contributed by atoms with E-state index in [1.807, 2.05) is 44.2 Å². The van der Waals surface area contributed by atoms with E-state index in [1.54, 1.807) is 12.1 Å². The summed E-state index contributed by atoms with van der Waals surface area (Å²) in [6.45, 7) is 4.48. The van der Waals surface area contributed by atoms with Gasteiger partial charge in [0.2, 0.25) is 10.0 Å². The van der Waals surface area contributed by atoms with Crippen LogP contribution in [-0.4, -0.2) is 43.9 Å². The Morgan fingerprint density at radius 2 is 1.80 bits per heavy atom. The predicted molar refractivity (Wildman–Crippen MR) is 113 cm³/mol. The number of nitrogens with one attached hydrogen (secondary N) is 1. The molecule has 4 rings (SSSR count). The lowest BCUT2D eigenvalue weighted by molar-refractivity contribution is -0.0440. The van der Waals surface area contributed by atoms with Gasteiger partial charge in [0.1, 0.15) is 11.3 Å². The zero-order valence-corrected chi connectivity index (χ0v) is 17.7. The van der Waals surface area contributed by atoms with Crippen molar-refractivity contribution in [1.29, 1.82) is 0 Å². The number of hydrogen-bond donors (Lipinski definition) is 1. The summed E-state index contributed by atoms with van der Waals surface area (Å²) in [4.78, 5) is 12.7. The summed E-state index contributed by atoms with van der Waals surface area (Å²) in [5.74, 6) is 0.265. The molecule has 158 valence electrons. The second-order valence-electron chi connectivity index (χ2n) is 7.54. The number of morpholine rings is 1. The van der Waals surface area contributed by atoms with Crippen molar-refractivity contribution in [2.45, 2.75) is 37.5 Å². The topological polar surface area (TPSA) is 88.9 Å². The third-order valence-electron chi connectivity index (χ3n) is 5.02. The van der Waals surface area contributed by atoms with Crippen LogP contribution in [0.4, 0.5) is 0 Å². The lowest BCUT2D eigenvalue weighted by Gasteiger charge is -2.34. The Kier molecular flexibility index (Phi) is 5.64. The van der Waals surface area contributed by atoms with E-state index in [9.17, 15) is 13.2 Å². The third kappa shape index (κ3) is 4.26. The van der Waals surface area contributed by atoms with E-state index in [-0.39, 0.29) is 48.2 Å². The number of rotatable bonds is 5. The third-order valence-corrected chi connectivity index (χ3v) is 6.85. The molecule has 1 saturated heterocycles. The Hall–Kier alpha value is -2.68. The summed E-state index contributed by atoms with van der Waals surface area (Å²) >= 11 is 0.